The van der Waals surface area contributed by atoms with E-state index in [1.165, 1.54) is 109 Å². The van der Waals surface area contributed by atoms with Crippen molar-refractivity contribution in [1.29, 1.82) is 0 Å². The van der Waals surface area contributed by atoms with Gasteiger partial charge in [0.1, 0.15) is 0 Å². The van der Waals surface area contributed by atoms with Crippen LogP contribution >= 0.6 is 11.3 Å². The van der Waals surface area contributed by atoms with Crippen LogP contribution in [0.15, 0.2) is 528 Å². The highest BCUT2D eigenvalue weighted by atomic mass is 32.1. The van der Waals surface area contributed by atoms with Crippen molar-refractivity contribution in [3.8, 4) is 168 Å². The molecule has 0 saturated heterocycles. The van der Waals surface area contributed by atoms with Gasteiger partial charge in [0.2, 0.25) is 0 Å². The maximum atomic E-state index is 5.23. The molecule has 28 aromatic rings. The van der Waals surface area contributed by atoms with Gasteiger partial charge in [0, 0.05) is 99.8 Å². The standard InChI is InChI=1S/C47H29N3S.2C45H29N3/c1-2-9-30(10-3-1)31-18-24-35(25-19-31)44-46-45(40-14-6-7-15-42(40)51-46)50-47(49-44)36-26-20-33(21-27-36)32-16-22-34(23-17-32)41-29-37-11-8-28-48-43(37)39-13-5-4-12-38(39)41;1-2-9-30(10-3-1)31-18-24-35(25-19-31)44-45(48-42-15-7-6-14-41(42)47-44)36-26-20-33(21-27-36)32-16-22-34(23-17-32)40-29-37-11-8-28-46-43(37)39-13-5-4-12-38(39)40;1-2-9-30(10-3-1)31-18-24-35(25-19-31)44-40-14-6-7-15-42(40)47-45(48-44)36-26-20-33(21-27-36)32-16-22-34(23-17-32)41-29-37-11-8-28-46-43(37)39-13-5-4-12-38(39)41/h1-29H;2*1-29H. The first-order chi connectivity index (χ1) is 72.8. The predicted octanol–water partition coefficient (Wildman–Crippen LogP) is 36.2. The fourth-order valence-corrected chi connectivity index (χ4v) is 21.7. The number of hydrogen-bond acceptors (Lipinski definition) is 10. The summed E-state index contributed by atoms with van der Waals surface area (Å²) in [5, 5.41) is 12.8. The third-order valence-electron chi connectivity index (χ3n) is 28.1. The van der Waals surface area contributed by atoms with Crippen molar-refractivity contribution in [1.82, 2.24) is 44.9 Å². The number of fused-ring (bicyclic) bond motifs is 14. The molecule has 0 N–H and O–H groups in total. The Labute approximate surface area is 853 Å². The molecule has 9 nitrogen and oxygen atoms in total. The number of rotatable bonds is 15. The van der Waals surface area contributed by atoms with E-state index >= 15 is 0 Å². The van der Waals surface area contributed by atoms with Crippen molar-refractivity contribution in [2.75, 3.05) is 0 Å². The van der Waals surface area contributed by atoms with E-state index in [-0.39, 0.29) is 0 Å². The van der Waals surface area contributed by atoms with E-state index in [2.05, 4.69) is 452 Å². The van der Waals surface area contributed by atoms with E-state index in [9.17, 15) is 0 Å². The summed E-state index contributed by atoms with van der Waals surface area (Å²) in [6, 6.07) is 179. The van der Waals surface area contributed by atoms with E-state index in [1.54, 1.807) is 11.3 Å². The molecule has 0 aliphatic heterocycles. The Morgan fingerprint density at radius 2 is 0.395 bits per heavy atom. The first-order valence-electron chi connectivity index (χ1n) is 49.5. The van der Waals surface area contributed by atoms with E-state index in [0.717, 1.165) is 166 Å². The van der Waals surface area contributed by atoms with E-state index in [0.29, 0.717) is 0 Å². The molecule has 686 valence electrons. The Hall–Kier alpha value is -19.4. The van der Waals surface area contributed by atoms with Crippen molar-refractivity contribution >= 4 is 119 Å². The molecule has 7 aromatic heterocycles. The van der Waals surface area contributed by atoms with Crippen LogP contribution in [0.25, 0.3) is 275 Å². The molecule has 0 atom stereocenters. The van der Waals surface area contributed by atoms with Gasteiger partial charge in [0.25, 0.3) is 0 Å². The SMILES string of the molecule is c1ccc(-c2ccc(-c3nc(-c4ccc(-c5ccc(-c6cc7cccnc7c7ccccc67)cc5)cc4)nc4c3sc3ccccc34)cc2)cc1.c1ccc(-c2ccc(-c3nc(-c4ccc(-c5ccc(-c6cc7cccnc7c7ccccc67)cc5)cc4)nc4ccccc34)cc2)cc1.c1ccc(-c2ccc(-c3nc4ccccc4nc3-c3ccc(-c4ccc(-c5cc6cccnc6c6ccccc56)cc4)cc3)cc2)cc1. The van der Waals surface area contributed by atoms with Crippen molar-refractivity contribution in [2.45, 2.75) is 0 Å². The Morgan fingerprint density at radius 1 is 0.143 bits per heavy atom. The van der Waals surface area contributed by atoms with Gasteiger partial charge in [0.15, 0.2) is 11.6 Å². The van der Waals surface area contributed by atoms with Gasteiger partial charge in [-0.15, -0.1) is 11.3 Å². The van der Waals surface area contributed by atoms with Crippen molar-refractivity contribution in [3.63, 3.8) is 0 Å². The molecule has 0 bridgehead atoms. The molecule has 0 saturated carbocycles. The lowest BCUT2D eigenvalue weighted by Gasteiger charge is -2.13. The number of aromatic nitrogens is 9. The molecule has 28 rings (SSSR count). The molecule has 0 spiro atoms. The number of pyridine rings is 3. The minimum Gasteiger partial charge on any atom is -0.256 e. The second kappa shape index (κ2) is 38.6. The zero-order valence-corrected chi connectivity index (χ0v) is 80.5. The van der Waals surface area contributed by atoms with Gasteiger partial charge in [-0.2, -0.15) is 0 Å². The van der Waals surface area contributed by atoms with Crippen LogP contribution in [0, 0.1) is 0 Å². The van der Waals surface area contributed by atoms with Gasteiger partial charge in [-0.05, 0) is 177 Å². The van der Waals surface area contributed by atoms with Crippen LogP contribution in [0.4, 0.5) is 0 Å². The van der Waals surface area contributed by atoms with Crippen molar-refractivity contribution in [3.05, 3.63) is 528 Å². The molecule has 0 radical (unpaired) electrons. The van der Waals surface area contributed by atoms with Crippen LogP contribution < -0.4 is 0 Å². The van der Waals surface area contributed by atoms with E-state index in [1.807, 2.05) is 91.4 Å². The normalized spacial score (nSPS) is 11.4. The topological polar surface area (TPSA) is 116 Å². The fourth-order valence-electron chi connectivity index (χ4n) is 20.5. The predicted molar refractivity (Wildman–Crippen MR) is 614 cm³/mol. The zero-order valence-electron chi connectivity index (χ0n) is 79.7. The van der Waals surface area contributed by atoms with E-state index in [4.69, 9.17) is 29.9 Å². The van der Waals surface area contributed by atoms with Gasteiger partial charge in [-0.3, -0.25) is 15.0 Å². The Balaban J connectivity index is 0.000000112. The number of para-hydroxylation sites is 3. The summed E-state index contributed by atoms with van der Waals surface area (Å²) >= 11 is 1.76. The molecule has 7 heterocycles. The lowest BCUT2D eigenvalue weighted by atomic mass is 9.93. The molecule has 0 aliphatic carbocycles. The first kappa shape index (κ1) is 87.8. The highest BCUT2D eigenvalue weighted by Crippen LogP contribution is 2.45. The molecular formula is C137H87N9S. The molecule has 0 amide bonds. The third kappa shape index (κ3) is 17.2. The monoisotopic (exact) mass is 1890 g/mol. The van der Waals surface area contributed by atoms with Crippen LogP contribution in [0.5, 0.6) is 0 Å². The Bertz CT molecular complexity index is 9830. The zero-order chi connectivity index (χ0) is 97.5. The Kier molecular flexibility index (Phi) is 23.0. The van der Waals surface area contributed by atoms with Crippen LogP contribution in [0.1, 0.15) is 0 Å². The molecule has 0 fully saturated rings. The quantitative estimate of drug-likeness (QED) is 0.0925. The van der Waals surface area contributed by atoms with Gasteiger partial charge in [0.05, 0.1) is 66.1 Å². The second-order valence-electron chi connectivity index (χ2n) is 36.9. The van der Waals surface area contributed by atoms with Gasteiger partial charge in [-0.25, -0.2) is 29.9 Å². The van der Waals surface area contributed by atoms with Crippen LogP contribution in [-0.2, 0) is 0 Å². The summed E-state index contributed by atoms with van der Waals surface area (Å²) in [6.07, 6.45) is 5.60. The van der Waals surface area contributed by atoms with Crippen LogP contribution in [0.3, 0.4) is 0 Å². The molecule has 21 aromatic carbocycles. The number of hydrogen-bond donors (Lipinski definition) is 0. The summed E-state index contributed by atoms with van der Waals surface area (Å²) in [7, 11) is 0. The smallest absolute Gasteiger partial charge is 0.160 e. The molecular weight excluding hydrogens is 1800 g/mol. The lowest BCUT2D eigenvalue weighted by Crippen LogP contribution is -1.95. The third-order valence-corrected chi connectivity index (χ3v) is 29.2. The summed E-state index contributed by atoms with van der Waals surface area (Å²) in [5.41, 5.74) is 38.0. The maximum Gasteiger partial charge on any atom is 0.160 e. The fraction of sp³-hybridized carbons (Fsp3) is 0. The van der Waals surface area contributed by atoms with Crippen molar-refractivity contribution < 1.29 is 0 Å². The minimum absolute atomic E-state index is 0.718. The first-order valence-corrected chi connectivity index (χ1v) is 50.3. The van der Waals surface area contributed by atoms with Gasteiger partial charge in [-0.1, -0.05) is 449 Å². The van der Waals surface area contributed by atoms with Gasteiger partial charge < -0.3 is 0 Å². The second-order valence-corrected chi connectivity index (χ2v) is 38.0. The molecule has 0 aliphatic rings. The van der Waals surface area contributed by atoms with E-state index < -0.39 is 0 Å². The highest BCUT2D eigenvalue weighted by Gasteiger charge is 2.23. The lowest BCUT2D eigenvalue weighted by molar-refractivity contribution is 1.23. The minimum atomic E-state index is 0.718. The van der Waals surface area contributed by atoms with Gasteiger partial charge >= 0.3 is 0 Å². The van der Waals surface area contributed by atoms with Crippen LogP contribution in [0.2, 0.25) is 0 Å². The molecule has 10 heteroatoms. The summed E-state index contributed by atoms with van der Waals surface area (Å²) in [5.74, 6) is 1.45. The number of nitrogens with zero attached hydrogens (tertiary/aromatic N) is 9. The number of thiophene rings is 1. The maximum absolute atomic E-state index is 5.23. The summed E-state index contributed by atoms with van der Waals surface area (Å²) in [4.78, 5) is 44.8. The highest BCUT2D eigenvalue weighted by molar-refractivity contribution is 7.26. The number of benzene rings is 21. The summed E-state index contributed by atoms with van der Waals surface area (Å²) in [6.45, 7) is 0. The molecule has 147 heavy (non-hydrogen) atoms. The average Bonchev–Trinajstić information content (AvgIpc) is 1.22. The Morgan fingerprint density at radius 3 is 0.748 bits per heavy atom. The van der Waals surface area contributed by atoms with Crippen LogP contribution in [-0.4, -0.2) is 44.9 Å². The summed E-state index contributed by atoms with van der Waals surface area (Å²) < 4.78 is 2.33. The van der Waals surface area contributed by atoms with Crippen molar-refractivity contribution in [2.24, 2.45) is 0 Å². The average molecular weight is 1890 g/mol. The molecule has 0 unspecified atom stereocenters. The largest absolute Gasteiger partial charge is 0.256 e.